The molecular weight excluding hydrogens is 202 g/mol. The van der Waals surface area contributed by atoms with Crippen LogP contribution >= 0.6 is 24.0 Å². The first-order chi connectivity index (χ1) is 6.25. The fraction of sp³-hybridized carbons (Fsp3) is 0.111. The number of carbonyl (C=O) groups excluding carboxylic acids is 1. The lowest BCUT2D eigenvalue weighted by atomic mass is 10.5. The van der Waals surface area contributed by atoms with Gasteiger partial charge >= 0.3 is 0 Å². The molecule has 0 saturated carbocycles. The van der Waals surface area contributed by atoms with Crippen molar-refractivity contribution >= 4 is 34.2 Å². The topological polar surface area (TPSA) is 20.3 Å². The first-order valence-electron chi connectivity index (χ1n) is 3.21. The van der Waals surface area contributed by atoms with E-state index in [2.05, 4.69) is 29.7 Å². The number of hydrogen-bond donors (Lipinski definition) is 0. The first kappa shape index (κ1) is 9.68. The molecule has 0 aromatic heterocycles. The molecule has 0 radical (unpaired) electrons. The molecule has 1 aliphatic rings. The molecule has 0 bridgehead atoms. The molecule has 0 unspecified atom stereocenters. The number of amides is 1. The Hall–Kier alpha value is -1.41. The van der Waals surface area contributed by atoms with Gasteiger partial charge in [-0.3, -0.25) is 4.79 Å². The van der Waals surface area contributed by atoms with Crippen LogP contribution in [0.4, 0.5) is 0 Å². The smallest absolute Gasteiger partial charge is 0.250 e. The Bertz CT molecular complexity index is 395. The van der Waals surface area contributed by atoms with E-state index in [4.69, 9.17) is 18.6 Å². The second-order valence-corrected chi connectivity index (χ2v) is 3.52. The molecule has 0 atom stereocenters. The van der Waals surface area contributed by atoms with Crippen LogP contribution in [0.5, 0.6) is 0 Å². The third-order valence-electron chi connectivity index (χ3n) is 1.12. The predicted octanol–water partition coefficient (Wildman–Crippen LogP) is 0.444. The van der Waals surface area contributed by atoms with Gasteiger partial charge in [0.2, 0.25) is 5.91 Å². The highest BCUT2D eigenvalue weighted by molar-refractivity contribution is 8.24. The van der Waals surface area contributed by atoms with E-state index in [-0.39, 0.29) is 5.91 Å². The van der Waals surface area contributed by atoms with Crippen molar-refractivity contribution in [3.05, 3.63) is 0 Å². The Morgan fingerprint density at radius 2 is 2.23 bits per heavy atom. The molecule has 4 heteroatoms. The van der Waals surface area contributed by atoms with Crippen molar-refractivity contribution < 1.29 is 4.79 Å². The van der Waals surface area contributed by atoms with Crippen LogP contribution in [-0.2, 0) is 4.79 Å². The number of thioether (sulfide) groups is 1. The van der Waals surface area contributed by atoms with Crippen LogP contribution in [0, 0.1) is 36.1 Å². The second kappa shape index (κ2) is 4.58. The quantitative estimate of drug-likeness (QED) is 0.423. The maximum Gasteiger partial charge on any atom is 0.250 e. The van der Waals surface area contributed by atoms with Crippen molar-refractivity contribution in [1.29, 1.82) is 0 Å². The SMILES string of the molecule is C#CC#CC#CN1C(=O)CSC1=S. The third kappa shape index (κ3) is 2.53. The standard InChI is InChI=1S/C9H3NOS2/c1-2-3-4-5-6-10-8(11)7-13-9(10)12/h1H,7H2. The third-order valence-corrected chi connectivity index (χ3v) is 2.47. The average Bonchev–Trinajstić information content (AvgIpc) is 2.42. The monoisotopic (exact) mass is 205 g/mol. The van der Waals surface area contributed by atoms with E-state index < -0.39 is 0 Å². The van der Waals surface area contributed by atoms with E-state index in [1.165, 1.54) is 16.7 Å². The lowest BCUT2D eigenvalue weighted by molar-refractivity contribution is -0.121. The van der Waals surface area contributed by atoms with Crippen LogP contribution in [0.15, 0.2) is 0 Å². The molecule has 2 nitrogen and oxygen atoms in total. The molecule has 0 spiro atoms. The summed E-state index contributed by atoms with van der Waals surface area (Å²) >= 11 is 6.17. The van der Waals surface area contributed by atoms with Crippen LogP contribution in [-0.4, -0.2) is 20.9 Å². The highest BCUT2D eigenvalue weighted by Gasteiger charge is 2.24. The van der Waals surface area contributed by atoms with Gasteiger partial charge in [-0.2, -0.15) is 0 Å². The molecule has 1 amide bonds. The molecule has 0 aliphatic carbocycles. The predicted molar refractivity (Wildman–Crippen MR) is 56.3 cm³/mol. The lowest BCUT2D eigenvalue weighted by Crippen LogP contribution is -2.22. The van der Waals surface area contributed by atoms with Gasteiger partial charge in [0, 0.05) is 17.9 Å². The van der Waals surface area contributed by atoms with E-state index in [0.29, 0.717) is 10.1 Å². The Kier molecular flexibility index (Phi) is 3.41. The van der Waals surface area contributed by atoms with Crippen molar-refractivity contribution in [3.8, 4) is 36.1 Å². The second-order valence-electron chi connectivity index (χ2n) is 1.91. The summed E-state index contributed by atoms with van der Waals surface area (Å²) in [5.41, 5.74) is 0. The van der Waals surface area contributed by atoms with Crippen molar-refractivity contribution in [2.24, 2.45) is 0 Å². The van der Waals surface area contributed by atoms with Gasteiger partial charge in [0.05, 0.1) is 5.75 Å². The van der Waals surface area contributed by atoms with Gasteiger partial charge in [-0.25, -0.2) is 4.90 Å². The number of terminal acetylenes is 1. The number of nitrogens with zero attached hydrogens (tertiary/aromatic N) is 1. The maximum absolute atomic E-state index is 11.1. The zero-order valence-corrected chi connectivity index (χ0v) is 8.09. The van der Waals surface area contributed by atoms with Crippen molar-refractivity contribution in [1.82, 2.24) is 4.90 Å². The Morgan fingerprint density at radius 1 is 1.46 bits per heavy atom. The van der Waals surface area contributed by atoms with Crippen molar-refractivity contribution in [2.45, 2.75) is 0 Å². The summed E-state index contributed by atoms with van der Waals surface area (Å²) in [6, 6.07) is 2.52. The van der Waals surface area contributed by atoms with Gasteiger partial charge in [0.25, 0.3) is 0 Å². The van der Waals surface area contributed by atoms with E-state index in [9.17, 15) is 4.79 Å². The normalized spacial score (nSPS) is 13.9. The minimum Gasteiger partial charge on any atom is -0.272 e. The van der Waals surface area contributed by atoms with Crippen LogP contribution in [0.2, 0.25) is 0 Å². The fourth-order valence-electron chi connectivity index (χ4n) is 0.614. The number of carbonyl (C=O) groups is 1. The Balaban J connectivity index is 2.72. The highest BCUT2D eigenvalue weighted by atomic mass is 32.2. The summed E-state index contributed by atoms with van der Waals surface area (Å²) in [6.07, 6.45) is 4.88. The lowest BCUT2D eigenvalue weighted by Gasteiger charge is -2.01. The zero-order chi connectivity index (χ0) is 9.68. The largest absolute Gasteiger partial charge is 0.272 e. The van der Waals surface area contributed by atoms with Gasteiger partial charge in [0.15, 0.2) is 4.32 Å². The summed E-state index contributed by atoms with van der Waals surface area (Å²) in [5.74, 6) is 9.51. The van der Waals surface area contributed by atoms with Gasteiger partial charge in [-0.05, 0) is 11.8 Å². The molecule has 1 heterocycles. The average molecular weight is 205 g/mol. The summed E-state index contributed by atoms with van der Waals surface area (Å²) in [4.78, 5) is 12.3. The van der Waals surface area contributed by atoms with E-state index in [1.807, 2.05) is 0 Å². The Morgan fingerprint density at radius 3 is 2.77 bits per heavy atom. The molecule has 1 rings (SSSR count). The van der Waals surface area contributed by atoms with E-state index in [0.717, 1.165) is 0 Å². The zero-order valence-electron chi connectivity index (χ0n) is 6.46. The van der Waals surface area contributed by atoms with Crippen LogP contribution in [0.3, 0.4) is 0 Å². The van der Waals surface area contributed by atoms with Crippen LogP contribution in [0.25, 0.3) is 0 Å². The van der Waals surface area contributed by atoms with Crippen molar-refractivity contribution in [3.63, 3.8) is 0 Å². The van der Waals surface area contributed by atoms with Gasteiger partial charge in [-0.15, -0.1) is 6.42 Å². The molecule has 0 aromatic carbocycles. The number of hydrogen-bond acceptors (Lipinski definition) is 3. The van der Waals surface area contributed by atoms with Crippen LogP contribution < -0.4 is 0 Å². The summed E-state index contributed by atoms with van der Waals surface area (Å²) < 4.78 is 0.472. The van der Waals surface area contributed by atoms with Crippen molar-refractivity contribution in [2.75, 3.05) is 5.75 Å². The molecule has 1 aliphatic heterocycles. The van der Waals surface area contributed by atoms with E-state index in [1.54, 1.807) is 0 Å². The molecule has 0 aromatic rings. The molecule has 1 saturated heterocycles. The molecule has 1 fully saturated rings. The van der Waals surface area contributed by atoms with E-state index >= 15 is 0 Å². The number of thiocarbonyl (C=S) groups is 1. The van der Waals surface area contributed by atoms with Crippen LogP contribution in [0.1, 0.15) is 0 Å². The molecular formula is C9H3NOS2. The first-order valence-corrected chi connectivity index (χ1v) is 4.61. The Labute approximate surface area is 86.1 Å². The fourth-order valence-corrected chi connectivity index (χ4v) is 1.59. The molecule has 13 heavy (non-hydrogen) atoms. The summed E-state index contributed by atoms with van der Waals surface area (Å²) in [7, 11) is 0. The minimum absolute atomic E-state index is 0.106. The van der Waals surface area contributed by atoms with Gasteiger partial charge < -0.3 is 0 Å². The molecule has 0 N–H and O–H groups in total. The number of rotatable bonds is 0. The maximum atomic E-state index is 11.1. The van der Waals surface area contributed by atoms with Gasteiger partial charge in [0.1, 0.15) is 0 Å². The summed E-state index contributed by atoms with van der Waals surface area (Å²) in [6.45, 7) is 0. The highest BCUT2D eigenvalue weighted by Crippen LogP contribution is 2.17. The molecule has 62 valence electrons. The minimum atomic E-state index is -0.106. The van der Waals surface area contributed by atoms with Gasteiger partial charge in [-0.1, -0.05) is 24.0 Å². The summed E-state index contributed by atoms with van der Waals surface area (Å²) in [5, 5.41) is 0.